The minimum Gasteiger partial charge on any atom is -0.390 e. The average Bonchev–Trinajstić information content (AvgIpc) is 3.46. The fourth-order valence-electron chi connectivity index (χ4n) is 5.96. The quantitative estimate of drug-likeness (QED) is 0.183. The fourth-order valence-corrected chi connectivity index (χ4v) is 7.08. The molecule has 5 unspecified atom stereocenters. The number of hydrogen-bond donors (Lipinski definition) is 5. The smallest absolute Gasteiger partial charge is 0.225 e. The molecule has 0 spiro atoms. The molecule has 0 aliphatic heterocycles. The number of aryl methyl sites for hydroxylation is 2. The summed E-state index contributed by atoms with van der Waals surface area (Å²) >= 11 is 1.49. The number of aliphatic hydroxyl groups is 3. The molecule has 0 saturated heterocycles. The van der Waals surface area contributed by atoms with Gasteiger partial charge < -0.3 is 26.0 Å². The minimum absolute atomic E-state index is 0.135. The summed E-state index contributed by atoms with van der Waals surface area (Å²) < 4.78 is 2.77. The van der Waals surface area contributed by atoms with Gasteiger partial charge in [-0.1, -0.05) is 12.1 Å². The Hall–Kier alpha value is -3.97. The summed E-state index contributed by atoms with van der Waals surface area (Å²) in [5.41, 5.74) is 1.50. The maximum atomic E-state index is 11.5. The molecular formula is C29H30N8O3S. The van der Waals surface area contributed by atoms with Gasteiger partial charge in [-0.3, -0.25) is 4.98 Å². The Morgan fingerprint density at radius 3 is 2.54 bits per heavy atom. The molecule has 0 amide bonds. The Morgan fingerprint density at radius 2 is 1.85 bits per heavy atom. The highest BCUT2D eigenvalue weighted by molar-refractivity contribution is 7.21. The molecule has 7 rings (SSSR count). The molecule has 2 aliphatic rings. The minimum atomic E-state index is -1.74. The van der Waals surface area contributed by atoms with Crippen LogP contribution in [0.2, 0.25) is 0 Å². The van der Waals surface area contributed by atoms with Gasteiger partial charge in [0, 0.05) is 24.5 Å². The number of benzene rings is 1. The van der Waals surface area contributed by atoms with Gasteiger partial charge in [0.05, 0.1) is 39.5 Å². The summed E-state index contributed by atoms with van der Waals surface area (Å²) in [6.07, 6.45) is 5.18. The van der Waals surface area contributed by atoms with Gasteiger partial charge in [0.25, 0.3) is 0 Å². The van der Waals surface area contributed by atoms with E-state index in [4.69, 9.17) is 15.0 Å². The van der Waals surface area contributed by atoms with Crippen molar-refractivity contribution in [1.29, 1.82) is 0 Å². The number of anilines is 2. The van der Waals surface area contributed by atoms with Crippen molar-refractivity contribution in [2.24, 2.45) is 5.92 Å². The number of aromatic nitrogens is 6. The van der Waals surface area contributed by atoms with Crippen LogP contribution in [0.25, 0.3) is 26.5 Å². The van der Waals surface area contributed by atoms with Crippen LogP contribution in [-0.2, 0) is 0 Å². The maximum absolute atomic E-state index is 11.5. The first kappa shape index (κ1) is 26.0. The van der Waals surface area contributed by atoms with E-state index in [9.17, 15) is 15.3 Å². The summed E-state index contributed by atoms with van der Waals surface area (Å²) in [5.74, 6) is 0.323. The number of aliphatic hydroxyl groups excluding tert-OH is 1. The van der Waals surface area contributed by atoms with Gasteiger partial charge in [-0.2, -0.15) is 10.1 Å². The Bertz CT molecular complexity index is 1760. The SMILES string of the molecule is Cc1nc(NC(C)c2ccc(-n3cccn3)cc2)nc(NC2(O)CCC3C(O)C32O)c1-c1nc2c(C)nccc2s1. The lowest BCUT2D eigenvalue weighted by atomic mass is 10.0. The lowest BCUT2D eigenvalue weighted by molar-refractivity contribution is -0.0851. The first-order valence-corrected chi connectivity index (χ1v) is 14.4. The van der Waals surface area contributed by atoms with E-state index in [0.29, 0.717) is 34.5 Å². The number of pyridine rings is 1. The second-order valence-electron chi connectivity index (χ2n) is 10.9. The van der Waals surface area contributed by atoms with Gasteiger partial charge in [0.1, 0.15) is 21.9 Å². The molecule has 0 radical (unpaired) electrons. The third-order valence-corrected chi connectivity index (χ3v) is 9.43. The highest BCUT2D eigenvalue weighted by Crippen LogP contribution is 2.61. The summed E-state index contributed by atoms with van der Waals surface area (Å²) in [6, 6.07) is 11.7. The maximum Gasteiger partial charge on any atom is 0.225 e. The van der Waals surface area contributed by atoms with Crippen LogP contribution in [0.1, 0.15) is 42.8 Å². The first-order chi connectivity index (χ1) is 19.7. The van der Waals surface area contributed by atoms with E-state index in [0.717, 1.165) is 27.2 Å². The summed E-state index contributed by atoms with van der Waals surface area (Å²) in [5, 5.41) is 44.5. The second kappa shape index (κ2) is 9.28. The summed E-state index contributed by atoms with van der Waals surface area (Å²) in [7, 11) is 0. The number of thiazole rings is 1. The van der Waals surface area contributed by atoms with E-state index >= 15 is 0 Å². The average molecular weight is 571 g/mol. The van der Waals surface area contributed by atoms with E-state index in [1.807, 2.05) is 63.4 Å². The van der Waals surface area contributed by atoms with E-state index in [-0.39, 0.29) is 18.4 Å². The zero-order valence-electron chi connectivity index (χ0n) is 22.8. The van der Waals surface area contributed by atoms with Crippen molar-refractivity contribution in [2.45, 2.75) is 57.1 Å². The normalized spacial score (nSPS) is 25.7. The molecule has 12 heteroatoms. The molecule has 41 heavy (non-hydrogen) atoms. The van der Waals surface area contributed by atoms with Gasteiger partial charge in [-0.05, 0) is 63.4 Å². The Balaban J connectivity index is 1.25. The third-order valence-electron chi connectivity index (χ3n) is 8.39. The highest BCUT2D eigenvalue weighted by Gasteiger charge is 2.78. The number of nitrogens with one attached hydrogen (secondary N) is 2. The number of rotatable bonds is 7. The van der Waals surface area contributed by atoms with Crippen LogP contribution >= 0.6 is 11.3 Å². The van der Waals surface area contributed by atoms with Crippen LogP contribution in [0.5, 0.6) is 0 Å². The van der Waals surface area contributed by atoms with Crippen LogP contribution in [-0.4, -0.2) is 62.5 Å². The van der Waals surface area contributed by atoms with Crippen molar-refractivity contribution in [3.8, 4) is 16.3 Å². The van der Waals surface area contributed by atoms with E-state index in [1.165, 1.54) is 11.3 Å². The Labute approximate surface area is 240 Å². The molecule has 2 fully saturated rings. The molecule has 4 heterocycles. The van der Waals surface area contributed by atoms with Crippen LogP contribution in [0.3, 0.4) is 0 Å². The van der Waals surface area contributed by atoms with Crippen molar-refractivity contribution in [3.05, 3.63) is 71.9 Å². The first-order valence-electron chi connectivity index (χ1n) is 13.6. The predicted molar refractivity (Wildman–Crippen MR) is 156 cm³/mol. The van der Waals surface area contributed by atoms with Gasteiger partial charge in [0.2, 0.25) is 5.95 Å². The molecule has 11 nitrogen and oxygen atoms in total. The largest absolute Gasteiger partial charge is 0.390 e. The van der Waals surface area contributed by atoms with Crippen LogP contribution in [0, 0.1) is 19.8 Å². The van der Waals surface area contributed by atoms with Crippen molar-refractivity contribution >= 4 is 33.3 Å². The van der Waals surface area contributed by atoms with Crippen molar-refractivity contribution in [1.82, 2.24) is 29.7 Å². The predicted octanol–water partition coefficient (Wildman–Crippen LogP) is 3.74. The van der Waals surface area contributed by atoms with Crippen LogP contribution in [0.15, 0.2) is 55.0 Å². The molecule has 5 aromatic rings. The lowest BCUT2D eigenvalue weighted by Gasteiger charge is -2.33. The molecule has 4 aromatic heterocycles. The lowest BCUT2D eigenvalue weighted by Crippen LogP contribution is -2.51. The molecule has 2 aliphatic carbocycles. The van der Waals surface area contributed by atoms with E-state index in [2.05, 4.69) is 20.7 Å². The number of fused-ring (bicyclic) bond motifs is 2. The molecule has 5 atom stereocenters. The molecule has 1 aromatic carbocycles. The van der Waals surface area contributed by atoms with Gasteiger partial charge >= 0.3 is 0 Å². The summed E-state index contributed by atoms with van der Waals surface area (Å²) in [4.78, 5) is 18.8. The number of nitrogens with zero attached hydrogens (tertiary/aromatic N) is 6. The standard InChI is InChI=1S/C29H30N8O3S/c1-15(18-5-7-19(8-6-18)37-14-4-12-31-37)32-27-33-16(2)22(26-34-23-17(3)30-13-10-21(23)41-26)25(35-27)36-28(39)11-9-20-24(38)29(20,28)40/h4-8,10,12-15,20,24,38-40H,9,11H2,1-3H3,(H2,32,33,35,36). The van der Waals surface area contributed by atoms with Crippen molar-refractivity contribution in [2.75, 3.05) is 10.6 Å². The van der Waals surface area contributed by atoms with Crippen molar-refractivity contribution in [3.63, 3.8) is 0 Å². The summed E-state index contributed by atoms with van der Waals surface area (Å²) in [6.45, 7) is 5.80. The monoisotopic (exact) mass is 570 g/mol. The topological polar surface area (TPSA) is 154 Å². The highest BCUT2D eigenvalue weighted by atomic mass is 32.1. The van der Waals surface area contributed by atoms with E-state index in [1.54, 1.807) is 17.1 Å². The van der Waals surface area contributed by atoms with Crippen LogP contribution in [0.4, 0.5) is 11.8 Å². The van der Waals surface area contributed by atoms with Crippen LogP contribution < -0.4 is 10.6 Å². The third kappa shape index (κ3) is 4.09. The zero-order valence-corrected chi connectivity index (χ0v) is 23.6. The zero-order chi connectivity index (χ0) is 28.5. The molecule has 0 bridgehead atoms. The fraction of sp³-hybridized carbons (Fsp3) is 0.345. The molecule has 210 valence electrons. The van der Waals surface area contributed by atoms with Gasteiger partial charge in [-0.25, -0.2) is 14.6 Å². The Morgan fingerprint density at radius 1 is 1.05 bits per heavy atom. The van der Waals surface area contributed by atoms with E-state index < -0.39 is 17.4 Å². The Kier molecular flexibility index (Phi) is 5.88. The van der Waals surface area contributed by atoms with Crippen molar-refractivity contribution < 1.29 is 15.3 Å². The van der Waals surface area contributed by atoms with Gasteiger partial charge in [-0.15, -0.1) is 11.3 Å². The molecular weight excluding hydrogens is 540 g/mol. The number of hydrogen-bond acceptors (Lipinski definition) is 11. The van der Waals surface area contributed by atoms with Gasteiger partial charge in [0.15, 0.2) is 5.72 Å². The second-order valence-corrected chi connectivity index (χ2v) is 12.0. The molecule has 2 saturated carbocycles. The molecule has 5 N–H and O–H groups in total.